The Morgan fingerprint density at radius 1 is 1.00 bits per heavy atom. The van der Waals surface area contributed by atoms with Crippen LogP contribution in [0.5, 0.6) is 0 Å². The van der Waals surface area contributed by atoms with Crippen molar-refractivity contribution in [2.75, 3.05) is 26.2 Å². The molecule has 0 fully saturated rings. The van der Waals surface area contributed by atoms with Gasteiger partial charge < -0.3 is 4.74 Å². The van der Waals surface area contributed by atoms with Crippen molar-refractivity contribution in [3.63, 3.8) is 0 Å². The molecule has 0 aromatic rings. The van der Waals surface area contributed by atoms with E-state index in [4.69, 9.17) is 4.74 Å². The topological polar surface area (TPSA) is 29.5 Å². The van der Waals surface area contributed by atoms with Gasteiger partial charge in [-0.3, -0.25) is 9.69 Å². The number of nitrogens with zero attached hydrogens (tertiary/aromatic N) is 1. The number of hydrogen-bond acceptors (Lipinski definition) is 3. The van der Waals surface area contributed by atoms with Gasteiger partial charge in [0.25, 0.3) is 0 Å². The van der Waals surface area contributed by atoms with Crippen LogP contribution in [-0.2, 0) is 9.53 Å². The zero-order chi connectivity index (χ0) is 12.2. The minimum Gasteiger partial charge on any atom is -0.465 e. The van der Waals surface area contributed by atoms with Gasteiger partial charge >= 0.3 is 5.97 Å². The fourth-order valence-electron chi connectivity index (χ4n) is 1.74. The normalized spacial score (nSPS) is 10.8. The lowest BCUT2D eigenvalue weighted by Crippen LogP contribution is -2.32. The first kappa shape index (κ1) is 15.4. The molecule has 0 aliphatic carbocycles. The van der Waals surface area contributed by atoms with E-state index >= 15 is 0 Å². The van der Waals surface area contributed by atoms with Crippen LogP contribution in [0.25, 0.3) is 0 Å². The molecule has 0 spiro atoms. The van der Waals surface area contributed by atoms with Crippen LogP contribution in [0.3, 0.4) is 0 Å². The third-order valence-electron chi connectivity index (χ3n) is 2.53. The number of rotatable bonds is 10. The molecule has 16 heavy (non-hydrogen) atoms. The number of hydrogen-bond donors (Lipinski definition) is 0. The monoisotopic (exact) mass is 229 g/mol. The van der Waals surface area contributed by atoms with Gasteiger partial charge in [0.1, 0.15) is 0 Å². The van der Waals surface area contributed by atoms with E-state index in [2.05, 4.69) is 18.7 Å². The first-order valence-corrected chi connectivity index (χ1v) is 6.62. The van der Waals surface area contributed by atoms with Crippen LogP contribution in [0.1, 0.15) is 52.9 Å². The highest BCUT2D eigenvalue weighted by Crippen LogP contribution is 2.02. The minimum atomic E-state index is -0.0913. The Labute approximate surface area is 100 Å². The van der Waals surface area contributed by atoms with Crippen molar-refractivity contribution < 1.29 is 9.53 Å². The van der Waals surface area contributed by atoms with Crippen LogP contribution >= 0.6 is 0 Å². The van der Waals surface area contributed by atoms with Gasteiger partial charge in [0.2, 0.25) is 0 Å². The van der Waals surface area contributed by atoms with Crippen LogP contribution in [0.4, 0.5) is 0 Å². The van der Waals surface area contributed by atoms with Crippen LogP contribution < -0.4 is 0 Å². The van der Waals surface area contributed by atoms with E-state index in [1.807, 2.05) is 6.92 Å². The summed E-state index contributed by atoms with van der Waals surface area (Å²) in [5.74, 6) is -0.0913. The van der Waals surface area contributed by atoms with E-state index in [1.165, 1.54) is 25.7 Å². The molecule has 3 heteroatoms. The molecule has 0 saturated carbocycles. The summed E-state index contributed by atoms with van der Waals surface area (Å²) in [6.45, 7) is 9.15. The zero-order valence-corrected chi connectivity index (χ0v) is 11.1. The van der Waals surface area contributed by atoms with E-state index in [0.717, 1.165) is 19.5 Å². The summed E-state index contributed by atoms with van der Waals surface area (Å²) in [6.07, 6.45) is 6.09. The fourth-order valence-corrected chi connectivity index (χ4v) is 1.74. The molecule has 0 heterocycles. The highest BCUT2D eigenvalue weighted by Gasteiger charge is 2.09. The fraction of sp³-hybridized carbons (Fsp3) is 0.923. The maximum absolute atomic E-state index is 11.4. The zero-order valence-electron chi connectivity index (χ0n) is 11.1. The Balaban J connectivity index is 3.73. The molecule has 96 valence electrons. The molecule has 0 saturated heterocycles. The summed E-state index contributed by atoms with van der Waals surface area (Å²) in [7, 11) is 0. The Kier molecular flexibility index (Phi) is 10.5. The van der Waals surface area contributed by atoms with Gasteiger partial charge in [-0.15, -0.1) is 0 Å². The van der Waals surface area contributed by atoms with Gasteiger partial charge in [0, 0.05) is 0 Å². The average Bonchev–Trinajstić information content (AvgIpc) is 2.25. The van der Waals surface area contributed by atoms with E-state index in [-0.39, 0.29) is 5.97 Å². The molecule has 0 aromatic carbocycles. The van der Waals surface area contributed by atoms with E-state index in [0.29, 0.717) is 13.2 Å². The second-order valence-corrected chi connectivity index (χ2v) is 4.14. The standard InChI is InChI=1S/C13H27NO2/c1-4-7-8-9-11-14(10-5-2)12-13(15)16-6-3/h4-12H2,1-3H3. The minimum absolute atomic E-state index is 0.0913. The van der Waals surface area contributed by atoms with Gasteiger partial charge in [0.05, 0.1) is 13.2 Å². The first-order valence-electron chi connectivity index (χ1n) is 6.62. The number of unbranched alkanes of at least 4 members (excludes halogenated alkanes) is 3. The molecular formula is C13H27NO2. The molecule has 0 aromatic heterocycles. The van der Waals surface area contributed by atoms with Crippen LogP contribution in [0, 0.1) is 0 Å². The first-order chi connectivity index (χ1) is 7.74. The molecule has 0 rings (SSSR count). The highest BCUT2D eigenvalue weighted by molar-refractivity contribution is 5.71. The number of esters is 1. The van der Waals surface area contributed by atoms with E-state index < -0.39 is 0 Å². The van der Waals surface area contributed by atoms with Crippen molar-refractivity contribution in [1.29, 1.82) is 0 Å². The number of ether oxygens (including phenoxy) is 1. The maximum atomic E-state index is 11.4. The molecule has 0 amide bonds. The molecule has 0 aliphatic heterocycles. The largest absolute Gasteiger partial charge is 0.465 e. The van der Waals surface area contributed by atoms with Crippen LogP contribution in [-0.4, -0.2) is 37.1 Å². The number of carbonyl (C=O) groups is 1. The van der Waals surface area contributed by atoms with Gasteiger partial charge in [-0.1, -0.05) is 33.1 Å². The molecule has 0 N–H and O–H groups in total. The predicted molar refractivity (Wildman–Crippen MR) is 67.5 cm³/mol. The molecule has 0 unspecified atom stereocenters. The van der Waals surface area contributed by atoms with Gasteiger partial charge in [0.15, 0.2) is 0 Å². The molecule has 0 radical (unpaired) electrons. The highest BCUT2D eigenvalue weighted by atomic mass is 16.5. The summed E-state index contributed by atoms with van der Waals surface area (Å²) in [6, 6.07) is 0. The molecular weight excluding hydrogens is 202 g/mol. The quantitative estimate of drug-likeness (QED) is 0.426. The summed E-state index contributed by atoms with van der Waals surface area (Å²) in [4.78, 5) is 13.6. The Bertz CT molecular complexity index is 171. The second-order valence-electron chi connectivity index (χ2n) is 4.14. The van der Waals surface area contributed by atoms with Gasteiger partial charge in [-0.25, -0.2) is 0 Å². The summed E-state index contributed by atoms with van der Waals surface area (Å²) in [5.41, 5.74) is 0. The second kappa shape index (κ2) is 10.9. The lowest BCUT2D eigenvalue weighted by atomic mass is 10.2. The number of carbonyl (C=O) groups excluding carboxylic acids is 1. The van der Waals surface area contributed by atoms with Gasteiger partial charge in [-0.2, -0.15) is 0 Å². The molecule has 0 aliphatic rings. The average molecular weight is 229 g/mol. The van der Waals surface area contributed by atoms with E-state index in [9.17, 15) is 4.79 Å². The Morgan fingerprint density at radius 3 is 2.31 bits per heavy atom. The maximum Gasteiger partial charge on any atom is 0.320 e. The smallest absolute Gasteiger partial charge is 0.320 e. The van der Waals surface area contributed by atoms with Crippen molar-refractivity contribution in [2.24, 2.45) is 0 Å². The molecule has 0 atom stereocenters. The molecule has 0 bridgehead atoms. The predicted octanol–water partition coefficient (Wildman–Crippen LogP) is 2.84. The SMILES string of the molecule is CCCCCCN(CCC)CC(=O)OCC. The van der Waals surface area contributed by atoms with Crippen LogP contribution in [0.15, 0.2) is 0 Å². The molecule has 3 nitrogen and oxygen atoms in total. The van der Waals surface area contributed by atoms with Crippen LogP contribution in [0.2, 0.25) is 0 Å². The van der Waals surface area contributed by atoms with Crippen molar-refractivity contribution in [3.05, 3.63) is 0 Å². The van der Waals surface area contributed by atoms with Crippen molar-refractivity contribution >= 4 is 5.97 Å². The lowest BCUT2D eigenvalue weighted by Gasteiger charge is -2.20. The third-order valence-corrected chi connectivity index (χ3v) is 2.53. The van der Waals surface area contributed by atoms with E-state index in [1.54, 1.807) is 0 Å². The van der Waals surface area contributed by atoms with Crippen molar-refractivity contribution in [3.8, 4) is 0 Å². The Morgan fingerprint density at radius 2 is 1.75 bits per heavy atom. The Hall–Kier alpha value is -0.570. The lowest BCUT2D eigenvalue weighted by molar-refractivity contribution is -0.144. The summed E-state index contributed by atoms with van der Waals surface area (Å²) < 4.78 is 4.97. The van der Waals surface area contributed by atoms with Crippen molar-refractivity contribution in [2.45, 2.75) is 52.9 Å². The summed E-state index contributed by atoms with van der Waals surface area (Å²) >= 11 is 0. The third kappa shape index (κ3) is 8.72. The van der Waals surface area contributed by atoms with Gasteiger partial charge in [-0.05, 0) is 32.9 Å². The van der Waals surface area contributed by atoms with Crippen molar-refractivity contribution in [1.82, 2.24) is 4.90 Å². The summed E-state index contributed by atoms with van der Waals surface area (Å²) in [5, 5.41) is 0.